The summed E-state index contributed by atoms with van der Waals surface area (Å²) in [5, 5.41) is 10.0. The largest absolute Gasteiger partial charge is 0.496 e. The fourth-order valence-corrected chi connectivity index (χ4v) is 3.09. The molecule has 1 fully saturated rings. The molecule has 0 heterocycles. The SMILES string of the molecule is COc1cccc2c1C1CCC2C1O. The summed E-state index contributed by atoms with van der Waals surface area (Å²) in [7, 11) is 1.70. The Kier molecular flexibility index (Phi) is 1.62. The van der Waals surface area contributed by atoms with E-state index in [1.165, 1.54) is 11.1 Å². The van der Waals surface area contributed by atoms with Crippen LogP contribution in [-0.2, 0) is 0 Å². The number of rotatable bonds is 1. The fourth-order valence-electron chi connectivity index (χ4n) is 3.09. The molecule has 0 amide bonds. The predicted octanol–water partition coefficient (Wildman–Crippen LogP) is 2.03. The Morgan fingerprint density at radius 1 is 1.29 bits per heavy atom. The van der Waals surface area contributed by atoms with Crippen LogP contribution < -0.4 is 4.74 Å². The van der Waals surface area contributed by atoms with E-state index in [0.29, 0.717) is 11.8 Å². The van der Waals surface area contributed by atoms with Gasteiger partial charge in [-0.1, -0.05) is 12.1 Å². The van der Waals surface area contributed by atoms with Crippen LogP contribution in [0.15, 0.2) is 18.2 Å². The third-order valence-electron chi connectivity index (χ3n) is 3.70. The third-order valence-corrected chi connectivity index (χ3v) is 3.70. The molecule has 1 N–H and O–H groups in total. The van der Waals surface area contributed by atoms with Crippen molar-refractivity contribution in [2.75, 3.05) is 7.11 Å². The predicted molar refractivity (Wildman–Crippen MR) is 53.7 cm³/mol. The maximum absolute atomic E-state index is 10.0. The molecular weight excluding hydrogens is 176 g/mol. The van der Waals surface area contributed by atoms with Crippen molar-refractivity contribution in [1.29, 1.82) is 0 Å². The van der Waals surface area contributed by atoms with Gasteiger partial charge in [-0.3, -0.25) is 0 Å². The zero-order chi connectivity index (χ0) is 9.71. The average Bonchev–Trinajstić information content (AvgIpc) is 2.72. The Hall–Kier alpha value is -1.02. The standard InChI is InChI=1S/C12H14O2/c1-14-10-4-2-3-7-8-5-6-9(11(7)10)12(8)13/h2-4,8-9,12-13H,5-6H2,1H3. The minimum Gasteiger partial charge on any atom is -0.496 e. The molecule has 0 saturated heterocycles. The molecule has 0 aromatic heterocycles. The number of aliphatic hydroxyl groups excluding tert-OH is 1. The summed E-state index contributed by atoms with van der Waals surface area (Å²) in [5.41, 5.74) is 2.58. The van der Waals surface area contributed by atoms with Gasteiger partial charge < -0.3 is 9.84 Å². The average molecular weight is 190 g/mol. The monoisotopic (exact) mass is 190 g/mol. The van der Waals surface area contributed by atoms with Gasteiger partial charge in [0, 0.05) is 17.4 Å². The quantitative estimate of drug-likeness (QED) is 0.734. The Labute approximate surface area is 83.5 Å². The van der Waals surface area contributed by atoms with Crippen molar-refractivity contribution in [2.24, 2.45) is 0 Å². The van der Waals surface area contributed by atoms with E-state index in [1.807, 2.05) is 12.1 Å². The third kappa shape index (κ3) is 0.845. The van der Waals surface area contributed by atoms with Crippen LogP contribution >= 0.6 is 0 Å². The summed E-state index contributed by atoms with van der Waals surface area (Å²) >= 11 is 0. The lowest BCUT2D eigenvalue weighted by Crippen LogP contribution is -2.08. The maximum Gasteiger partial charge on any atom is 0.122 e. The molecule has 0 aliphatic heterocycles. The second-order valence-corrected chi connectivity index (χ2v) is 4.24. The van der Waals surface area contributed by atoms with Crippen LogP contribution in [0.2, 0.25) is 0 Å². The molecule has 0 spiro atoms. The van der Waals surface area contributed by atoms with Crippen LogP contribution in [0.5, 0.6) is 5.75 Å². The summed E-state index contributed by atoms with van der Waals surface area (Å²) < 4.78 is 5.35. The number of hydrogen-bond acceptors (Lipinski definition) is 2. The molecule has 3 atom stereocenters. The van der Waals surface area contributed by atoms with Gasteiger partial charge in [0.25, 0.3) is 0 Å². The van der Waals surface area contributed by atoms with Crippen LogP contribution in [0.1, 0.15) is 35.8 Å². The molecule has 1 saturated carbocycles. The van der Waals surface area contributed by atoms with Crippen molar-refractivity contribution in [3.8, 4) is 5.75 Å². The second-order valence-electron chi connectivity index (χ2n) is 4.24. The highest BCUT2D eigenvalue weighted by Gasteiger charge is 2.46. The number of methoxy groups -OCH3 is 1. The minimum absolute atomic E-state index is 0.165. The summed E-state index contributed by atoms with van der Waals surface area (Å²) in [6, 6.07) is 6.14. The highest BCUT2D eigenvalue weighted by atomic mass is 16.5. The van der Waals surface area contributed by atoms with Crippen molar-refractivity contribution in [2.45, 2.75) is 30.8 Å². The molecule has 2 bridgehead atoms. The van der Waals surface area contributed by atoms with Gasteiger partial charge in [0.05, 0.1) is 13.2 Å². The van der Waals surface area contributed by atoms with Gasteiger partial charge in [-0.25, -0.2) is 0 Å². The summed E-state index contributed by atoms with van der Waals surface area (Å²) in [6.07, 6.45) is 2.08. The molecule has 74 valence electrons. The smallest absolute Gasteiger partial charge is 0.122 e. The number of benzene rings is 1. The number of fused-ring (bicyclic) bond motifs is 5. The van der Waals surface area contributed by atoms with Crippen LogP contribution in [0, 0.1) is 0 Å². The first-order valence-electron chi connectivity index (χ1n) is 5.18. The maximum atomic E-state index is 10.0. The van der Waals surface area contributed by atoms with Gasteiger partial charge >= 0.3 is 0 Å². The summed E-state index contributed by atoms with van der Waals surface area (Å²) in [6.45, 7) is 0. The van der Waals surface area contributed by atoms with Gasteiger partial charge in [0.15, 0.2) is 0 Å². The van der Waals surface area contributed by atoms with E-state index in [4.69, 9.17) is 4.74 Å². The van der Waals surface area contributed by atoms with Crippen molar-refractivity contribution in [3.63, 3.8) is 0 Å². The summed E-state index contributed by atoms with van der Waals surface area (Å²) in [5.74, 6) is 1.64. The normalized spacial score (nSPS) is 33.1. The van der Waals surface area contributed by atoms with E-state index in [-0.39, 0.29) is 6.10 Å². The second kappa shape index (κ2) is 2.74. The van der Waals surface area contributed by atoms with Crippen LogP contribution in [-0.4, -0.2) is 18.3 Å². The first-order chi connectivity index (χ1) is 6.83. The molecule has 1 aromatic rings. The molecule has 2 aliphatic carbocycles. The topological polar surface area (TPSA) is 29.5 Å². The van der Waals surface area contributed by atoms with E-state index >= 15 is 0 Å². The highest BCUT2D eigenvalue weighted by molar-refractivity contribution is 5.51. The summed E-state index contributed by atoms with van der Waals surface area (Å²) in [4.78, 5) is 0. The van der Waals surface area contributed by atoms with Gasteiger partial charge in [0.2, 0.25) is 0 Å². The van der Waals surface area contributed by atoms with Crippen molar-refractivity contribution < 1.29 is 9.84 Å². The molecular formula is C12H14O2. The van der Waals surface area contributed by atoms with Crippen molar-refractivity contribution in [1.82, 2.24) is 0 Å². The van der Waals surface area contributed by atoms with Gasteiger partial charge in [0.1, 0.15) is 5.75 Å². The van der Waals surface area contributed by atoms with Crippen molar-refractivity contribution >= 4 is 0 Å². The molecule has 3 unspecified atom stereocenters. The molecule has 2 aliphatic rings. The number of hydrogen-bond donors (Lipinski definition) is 1. The molecule has 3 rings (SSSR count). The van der Waals surface area contributed by atoms with E-state index in [1.54, 1.807) is 7.11 Å². The molecule has 1 aromatic carbocycles. The van der Waals surface area contributed by atoms with Gasteiger partial charge in [-0.2, -0.15) is 0 Å². The Balaban J connectivity index is 2.19. The minimum atomic E-state index is -0.165. The van der Waals surface area contributed by atoms with E-state index in [9.17, 15) is 5.11 Å². The lowest BCUT2D eigenvalue weighted by Gasteiger charge is -2.16. The van der Waals surface area contributed by atoms with Gasteiger partial charge in [-0.05, 0) is 24.5 Å². The zero-order valence-electron chi connectivity index (χ0n) is 8.23. The molecule has 2 nitrogen and oxygen atoms in total. The molecule has 14 heavy (non-hydrogen) atoms. The van der Waals surface area contributed by atoms with E-state index < -0.39 is 0 Å². The lowest BCUT2D eigenvalue weighted by molar-refractivity contribution is 0.159. The van der Waals surface area contributed by atoms with Crippen molar-refractivity contribution in [3.05, 3.63) is 29.3 Å². The Morgan fingerprint density at radius 3 is 2.86 bits per heavy atom. The van der Waals surface area contributed by atoms with Gasteiger partial charge in [-0.15, -0.1) is 0 Å². The highest BCUT2D eigenvalue weighted by Crippen LogP contribution is 2.55. The Morgan fingerprint density at radius 2 is 2.07 bits per heavy atom. The molecule has 2 heteroatoms. The first-order valence-corrected chi connectivity index (χ1v) is 5.18. The van der Waals surface area contributed by atoms with Crippen LogP contribution in [0.4, 0.5) is 0 Å². The zero-order valence-corrected chi connectivity index (χ0v) is 8.23. The Bertz CT molecular complexity index is 373. The fraction of sp³-hybridized carbons (Fsp3) is 0.500. The van der Waals surface area contributed by atoms with Crippen LogP contribution in [0.3, 0.4) is 0 Å². The number of ether oxygens (including phenoxy) is 1. The van der Waals surface area contributed by atoms with E-state index in [0.717, 1.165) is 18.6 Å². The first kappa shape index (κ1) is 8.30. The van der Waals surface area contributed by atoms with Crippen LogP contribution in [0.25, 0.3) is 0 Å². The lowest BCUT2D eigenvalue weighted by atomic mass is 9.91. The molecule has 0 radical (unpaired) electrons. The van der Waals surface area contributed by atoms with E-state index in [2.05, 4.69) is 6.07 Å². The number of aliphatic hydroxyl groups is 1.